The fourth-order valence-electron chi connectivity index (χ4n) is 2.30. The summed E-state index contributed by atoms with van der Waals surface area (Å²) in [6.07, 6.45) is 0. The number of aryl methyl sites for hydroxylation is 1. The Morgan fingerprint density at radius 2 is 1.83 bits per heavy atom. The van der Waals surface area contributed by atoms with Crippen molar-refractivity contribution in [3.8, 4) is 11.5 Å². The maximum Gasteiger partial charge on any atom is 0.234 e. The topological polar surface area (TPSA) is 47.6 Å². The highest BCUT2D eigenvalue weighted by Crippen LogP contribution is 2.36. The molecule has 0 saturated carbocycles. The van der Waals surface area contributed by atoms with E-state index in [-0.39, 0.29) is 5.91 Å². The smallest absolute Gasteiger partial charge is 0.234 e. The van der Waals surface area contributed by atoms with Crippen LogP contribution in [0, 0.1) is 6.92 Å². The number of carbonyl (C=O) groups is 1. The van der Waals surface area contributed by atoms with Crippen molar-refractivity contribution < 1.29 is 14.3 Å². The summed E-state index contributed by atoms with van der Waals surface area (Å²) in [5.41, 5.74) is 3.09. The van der Waals surface area contributed by atoms with Crippen molar-refractivity contribution in [1.82, 2.24) is 0 Å². The minimum atomic E-state index is -0.00230. The molecule has 24 heavy (non-hydrogen) atoms. The molecule has 1 aliphatic rings. The minimum absolute atomic E-state index is 0.00230. The maximum absolute atomic E-state index is 12.0. The van der Waals surface area contributed by atoms with Crippen LogP contribution in [0.15, 0.2) is 40.9 Å². The highest BCUT2D eigenvalue weighted by Gasteiger charge is 2.15. The second-order valence-electron chi connectivity index (χ2n) is 5.49. The Bertz CT molecular complexity index is 734. The number of hydrogen-bond donors (Lipinski definition) is 1. The van der Waals surface area contributed by atoms with E-state index in [0.29, 0.717) is 19.0 Å². The van der Waals surface area contributed by atoms with Crippen LogP contribution in [0.4, 0.5) is 5.69 Å². The van der Waals surface area contributed by atoms with Crippen molar-refractivity contribution in [2.75, 3.05) is 24.3 Å². The third-order valence-corrected chi connectivity index (χ3v) is 5.26. The molecule has 2 aromatic rings. The molecule has 0 saturated heterocycles. The zero-order valence-corrected chi connectivity index (χ0v) is 15.7. The van der Waals surface area contributed by atoms with E-state index in [1.54, 1.807) is 11.8 Å². The van der Waals surface area contributed by atoms with Gasteiger partial charge in [-0.15, -0.1) is 11.8 Å². The molecule has 0 spiro atoms. The Morgan fingerprint density at radius 1 is 1.17 bits per heavy atom. The van der Waals surface area contributed by atoms with Crippen LogP contribution in [-0.4, -0.2) is 24.9 Å². The van der Waals surface area contributed by atoms with E-state index >= 15 is 0 Å². The lowest BCUT2D eigenvalue weighted by Crippen LogP contribution is -2.15. The monoisotopic (exact) mass is 407 g/mol. The van der Waals surface area contributed by atoms with Gasteiger partial charge >= 0.3 is 0 Å². The average Bonchev–Trinajstić information content (AvgIpc) is 2.57. The van der Waals surface area contributed by atoms with Crippen molar-refractivity contribution in [1.29, 1.82) is 0 Å². The molecule has 0 unspecified atom stereocenters. The molecule has 0 fully saturated rings. The van der Waals surface area contributed by atoms with E-state index in [2.05, 4.69) is 21.2 Å². The molecule has 0 aliphatic carbocycles. The summed E-state index contributed by atoms with van der Waals surface area (Å²) < 4.78 is 12.1. The van der Waals surface area contributed by atoms with Gasteiger partial charge in [-0.1, -0.05) is 33.6 Å². The number of hydrogen-bond acceptors (Lipinski definition) is 4. The first-order chi connectivity index (χ1) is 11.6. The molecule has 2 aromatic carbocycles. The molecule has 0 bridgehead atoms. The molecule has 1 heterocycles. The van der Waals surface area contributed by atoms with Crippen LogP contribution in [-0.2, 0) is 10.5 Å². The number of nitrogens with one attached hydrogen (secondary N) is 1. The quantitative estimate of drug-likeness (QED) is 0.797. The lowest BCUT2D eigenvalue weighted by atomic mass is 10.2. The van der Waals surface area contributed by atoms with E-state index in [1.807, 2.05) is 43.3 Å². The van der Waals surface area contributed by atoms with Gasteiger partial charge in [-0.2, -0.15) is 0 Å². The molecular weight excluding hydrogens is 390 g/mol. The molecular formula is C18H18BrNO3S. The predicted molar refractivity (Wildman–Crippen MR) is 101 cm³/mol. The third-order valence-electron chi connectivity index (χ3n) is 3.54. The Hall–Kier alpha value is -1.66. The van der Waals surface area contributed by atoms with Crippen molar-refractivity contribution in [3.63, 3.8) is 0 Å². The van der Waals surface area contributed by atoms with Gasteiger partial charge in [0.15, 0.2) is 11.5 Å². The average molecular weight is 408 g/mol. The highest BCUT2D eigenvalue weighted by atomic mass is 79.9. The van der Waals surface area contributed by atoms with Gasteiger partial charge in [-0.25, -0.2) is 0 Å². The van der Waals surface area contributed by atoms with Crippen molar-refractivity contribution >= 4 is 39.3 Å². The molecule has 6 heteroatoms. The SMILES string of the molecule is Cc1ccc(NC(=O)CSCc2cc3c(cc2Br)OCCO3)cc1. The van der Waals surface area contributed by atoms with E-state index in [9.17, 15) is 4.79 Å². The fraction of sp³-hybridized carbons (Fsp3) is 0.278. The fourth-order valence-corrected chi connectivity index (χ4v) is 3.77. The van der Waals surface area contributed by atoms with Crippen LogP contribution in [0.3, 0.4) is 0 Å². The van der Waals surface area contributed by atoms with Crippen LogP contribution >= 0.6 is 27.7 Å². The third kappa shape index (κ3) is 4.45. The summed E-state index contributed by atoms with van der Waals surface area (Å²) in [6.45, 7) is 3.17. The standard InChI is InChI=1S/C18H18BrNO3S/c1-12-2-4-14(5-3-12)20-18(21)11-24-10-13-8-16-17(9-15(13)19)23-7-6-22-16/h2-5,8-9H,6-7,10-11H2,1H3,(H,20,21). The van der Waals surface area contributed by atoms with Gasteiger partial charge in [0.05, 0.1) is 5.75 Å². The number of benzene rings is 2. The Labute approximate surface area is 154 Å². The summed E-state index contributed by atoms with van der Waals surface area (Å²) in [4.78, 5) is 12.0. The summed E-state index contributed by atoms with van der Waals surface area (Å²) in [5.74, 6) is 2.65. The number of rotatable bonds is 5. The Kier molecular flexibility index (Phi) is 5.68. The van der Waals surface area contributed by atoms with Gasteiger partial charge in [0.25, 0.3) is 0 Å². The van der Waals surface area contributed by atoms with Crippen LogP contribution < -0.4 is 14.8 Å². The van der Waals surface area contributed by atoms with Crippen molar-refractivity contribution in [3.05, 3.63) is 52.0 Å². The summed E-state index contributed by atoms with van der Waals surface area (Å²) in [6, 6.07) is 11.7. The molecule has 1 aliphatic heterocycles. The van der Waals surface area contributed by atoms with Crippen LogP contribution in [0.2, 0.25) is 0 Å². The lowest BCUT2D eigenvalue weighted by Gasteiger charge is -2.19. The zero-order chi connectivity index (χ0) is 16.9. The molecule has 0 aromatic heterocycles. The first-order valence-electron chi connectivity index (χ1n) is 7.64. The largest absolute Gasteiger partial charge is 0.486 e. The van der Waals surface area contributed by atoms with E-state index < -0.39 is 0 Å². The van der Waals surface area contributed by atoms with Gasteiger partial charge in [-0.3, -0.25) is 4.79 Å². The first kappa shape index (κ1) is 17.2. The van der Waals surface area contributed by atoms with Crippen LogP contribution in [0.1, 0.15) is 11.1 Å². The van der Waals surface area contributed by atoms with Gasteiger partial charge in [0, 0.05) is 15.9 Å². The zero-order valence-electron chi connectivity index (χ0n) is 13.3. The van der Waals surface area contributed by atoms with Gasteiger partial charge < -0.3 is 14.8 Å². The van der Waals surface area contributed by atoms with Crippen molar-refractivity contribution in [2.45, 2.75) is 12.7 Å². The normalized spacial score (nSPS) is 12.8. The van der Waals surface area contributed by atoms with E-state index in [1.165, 1.54) is 5.56 Å². The number of thioether (sulfide) groups is 1. The number of anilines is 1. The van der Waals surface area contributed by atoms with Gasteiger partial charge in [-0.05, 0) is 36.8 Å². The van der Waals surface area contributed by atoms with Gasteiger partial charge in [0.1, 0.15) is 13.2 Å². The molecule has 0 atom stereocenters. The second kappa shape index (κ2) is 7.94. The minimum Gasteiger partial charge on any atom is -0.486 e. The number of amides is 1. The molecule has 126 valence electrons. The second-order valence-corrected chi connectivity index (χ2v) is 7.33. The summed E-state index contributed by atoms with van der Waals surface area (Å²) >= 11 is 5.12. The molecule has 3 rings (SSSR count). The number of ether oxygens (including phenoxy) is 2. The highest BCUT2D eigenvalue weighted by molar-refractivity contribution is 9.10. The van der Waals surface area contributed by atoms with Crippen molar-refractivity contribution in [2.24, 2.45) is 0 Å². The van der Waals surface area contributed by atoms with Crippen LogP contribution in [0.25, 0.3) is 0 Å². The molecule has 1 amide bonds. The van der Waals surface area contributed by atoms with Crippen LogP contribution in [0.5, 0.6) is 11.5 Å². The number of fused-ring (bicyclic) bond motifs is 1. The number of halogens is 1. The molecule has 1 N–H and O–H groups in total. The summed E-state index contributed by atoms with van der Waals surface area (Å²) in [7, 11) is 0. The first-order valence-corrected chi connectivity index (χ1v) is 9.59. The van der Waals surface area contributed by atoms with E-state index in [0.717, 1.165) is 33.0 Å². The van der Waals surface area contributed by atoms with Gasteiger partial charge in [0.2, 0.25) is 5.91 Å². The summed E-state index contributed by atoms with van der Waals surface area (Å²) in [5, 5.41) is 2.90. The Balaban J connectivity index is 1.52. The lowest BCUT2D eigenvalue weighted by molar-refractivity contribution is -0.113. The van der Waals surface area contributed by atoms with E-state index in [4.69, 9.17) is 9.47 Å². The maximum atomic E-state index is 12.0. The molecule has 0 radical (unpaired) electrons. The predicted octanol–water partition coefficient (Wildman–Crippen LogP) is 4.40. The molecule has 4 nitrogen and oxygen atoms in total. The Morgan fingerprint density at radius 3 is 2.54 bits per heavy atom. The number of carbonyl (C=O) groups excluding carboxylic acids is 1.